The monoisotopic (exact) mass is 299 g/mol. The molecule has 7 heteroatoms. The molecule has 0 amide bonds. The van der Waals surface area contributed by atoms with Gasteiger partial charge in [-0.3, -0.25) is 4.79 Å². The number of hydrogen-bond acceptors (Lipinski definition) is 4. The highest BCUT2D eigenvalue weighted by molar-refractivity contribution is 5.37. The Kier molecular flexibility index (Phi) is 7.51. The van der Waals surface area contributed by atoms with E-state index in [2.05, 4.69) is 4.74 Å². The van der Waals surface area contributed by atoms with Crippen molar-refractivity contribution in [2.24, 2.45) is 5.92 Å². The summed E-state index contributed by atoms with van der Waals surface area (Å²) in [6.07, 6.45) is -4.36. The molecule has 120 valence electrons. The molecule has 0 spiro atoms. The Morgan fingerprint density at radius 3 is 2.10 bits per heavy atom. The lowest BCUT2D eigenvalue weighted by atomic mass is 9.94. The molecule has 0 aliphatic carbocycles. The first kappa shape index (κ1) is 19.2. The minimum absolute atomic E-state index is 0.0437. The predicted molar refractivity (Wildman–Crippen MR) is 69.4 cm³/mol. The molecule has 0 bridgehead atoms. The average Bonchev–Trinajstić information content (AvgIpc) is 2.27. The molecule has 0 aromatic rings. The van der Waals surface area contributed by atoms with Gasteiger partial charge in [0.05, 0.1) is 12.0 Å². The fraction of sp³-hybridized carbons (Fsp3) is 0.923. The molecule has 0 radical (unpaired) electrons. The molecule has 0 aromatic carbocycles. The van der Waals surface area contributed by atoms with E-state index in [1.165, 1.54) is 7.11 Å². The second-order valence-corrected chi connectivity index (χ2v) is 5.80. The zero-order valence-electron chi connectivity index (χ0n) is 12.7. The van der Waals surface area contributed by atoms with Gasteiger partial charge >= 0.3 is 6.18 Å². The number of halogens is 3. The second-order valence-electron chi connectivity index (χ2n) is 5.80. The number of carbonyl (C=O) groups is 1. The highest BCUT2D eigenvalue weighted by Crippen LogP contribution is 2.34. The van der Waals surface area contributed by atoms with Gasteiger partial charge in [-0.05, 0) is 34.2 Å². The third kappa shape index (κ3) is 7.69. The van der Waals surface area contributed by atoms with Crippen molar-refractivity contribution < 1.29 is 27.4 Å². The number of hydrogen-bond donors (Lipinski definition) is 0. The van der Waals surface area contributed by atoms with Crippen LogP contribution in [-0.4, -0.2) is 56.5 Å². The molecular formula is C13H24F3NO3. The number of nitrogens with zero attached hydrogens (tertiary/aromatic N) is 1. The first-order valence-corrected chi connectivity index (χ1v) is 6.40. The fourth-order valence-electron chi connectivity index (χ4n) is 1.83. The van der Waals surface area contributed by atoms with Crippen LogP contribution in [0.5, 0.6) is 0 Å². The molecular weight excluding hydrogens is 275 g/mol. The zero-order valence-corrected chi connectivity index (χ0v) is 12.7. The molecule has 2 unspecified atom stereocenters. The molecule has 1 fully saturated rings. The Labute approximate surface area is 118 Å². The number of piperidine rings is 1. The van der Waals surface area contributed by atoms with Crippen LogP contribution in [0.25, 0.3) is 0 Å². The lowest BCUT2D eigenvalue weighted by Crippen LogP contribution is -2.48. The molecule has 4 nitrogen and oxygen atoms in total. The summed E-state index contributed by atoms with van der Waals surface area (Å²) >= 11 is 0. The summed E-state index contributed by atoms with van der Waals surface area (Å²) in [4.78, 5) is 11.3. The second kappa shape index (κ2) is 7.83. The predicted octanol–water partition coefficient (Wildman–Crippen LogP) is 2.47. The van der Waals surface area contributed by atoms with Crippen molar-refractivity contribution in [3.63, 3.8) is 0 Å². The number of carbonyl (C=O) groups excluding carboxylic acids is 1. The Hall–Kier alpha value is -0.820. The van der Waals surface area contributed by atoms with Crippen LogP contribution in [0.2, 0.25) is 0 Å². The fourth-order valence-corrected chi connectivity index (χ4v) is 1.83. The van der Waals surface area contributed by atoms with Crippen LogP contribution in [0.3, 0.4) is 0 Å². The molecule has 1 heterocycles. The first-order chi connectivity index (χ1) is 9.01. The van der Waals surface area contributed by atoms with Crippen LogP contribution >= 0.6 is 0 Å². The van der Waals surface area contributed by atoms with Crippen molar-refractivity contribution in [2.75, 3.05) is 27.2 Å². The lowest BCUT2D eigenvalue weighted by Gasteiger charge is -2.36. The van der Waals surface area contributed by atoms with E-state index in [4.69, 9.17) is 4.74 Å². The average molecular weight is 299 g/mol. The van der Waals surface area contributed by atoms with Crippen molar-refractivity contribution in [3.05, 3.63) is 0 Å². The van der Waals surface area contributed by atoms with Crippen molar-refractivity contribution in [2.45, 2.75) is 45.1 Å². The minimum Gasteiger partial charge on any atom is -0.462 e. The number of ether oxygens (including phenoxy) is 2. The van der Waals surface area contributed by atoms with Crippen molar-refractivity contribution in [1.29, 1.82) is 0 Å². The molecule has 20 heavy (non-hydrogen) atoms. The Bertz CT molecular complexity index is 290. The van der Waals surface area contributed by atoms with E-state index < -0.39 is 18.2 Å². The summed E-state index contributed by atoms with van der Waals surface area (Å²) in [7, 11) is 3.04. The van der Waals surface area contributed by atoms with E-state index >= 15 is 0 Å². The molecule has 1 aliphatic rings. The van der Waals surface area contributed by atoms with Gasteiger partial charge < -0.3 is 14.4 Å². The van der Waals surface area contributed by atoms with E-state index in [1.807, 2.05) is 20.8 Å². The van der Waals surface area contributed by atoms with Crippen LogP contribution in [-0.2, 0) is 14.3 Å². The van der Waals surface area contributed by atoms with Gasteiger partial charge in [0, 0.05) is 20.2 Å². The lowest BCUT2D eigenvalue weighted by molar-refractivity contribution is -0.216. The maximum absolute atomic E-state index is 12.4. The largest absolute Gasteiger partial charge is 0.462 e. The maximum atomic E-state index is 12.4. The summed E-state index contributed by atoms with van der Waals surface area (Å²) in [5, 5.41) is 0. The Balaban J connectivity index is 0.000000441. The van der Waals surface area contributed by atoms with Crippen molar-refractivity contribution in [3.8, 4) is 0 Å². The van der Waals surface area contributed by atoms with E-state index in [0.717, 1.165) is 0 Å². The summed E-state index contributed by atoms with van der Waals surface area (Å²) in [6.45, 7) is 6.64. The third-order valence-electron chi connectivity index (χ3n) is 2.88. The van der Waals surface area contributed by atoms with E-state index in [1.54, 1.807) is 11.9 Å². The smallest absolute Gasteiger partial charge is 0.395 e. The quantitative estimate of drug-likeness (QED) is 0.734. The standard InChI is InChI=1S/C8H14F3NO.C5H10O2/c1-12-4-3-7(13-2)6(5-12)8(9,10)11;1-5(2,3)7-4-6/h6-7H,3-5H2,1-2H3;4H,1-3H3. The first-order valence-electron chi connectivity index (χ1n) is 6.40. The summed E-state index contributed by atoms with van der Waals surface area (Å²) < 4.78 is 46.7. The number of likely N-dealkylation sites (tertiary alicyclic amines) is 1. The normalized spacial score (nSPS) is 24.6. The van der Waals surface area contributed by atoms with E-state index in [9.17, 15) is 18.0 Å². The van der Waals surface area contributed by atoms with Gasteiger partial charge in [0.25, 0.3) is 6.47 Å². The highest BCUT2D eigenvalue weighted by atomic mass is 19.4. The van der Waals surface area contributed by atoms with Gasteiger partial charge in [-0.25, -0.2) is 0 Å². The van der Waals surface area contributed by atoms with Crippen molar-refractivity contribution >= 4 is 6.47 Å². The molecule has 1 saturated heterocycles. The third-order valence-corrected chi connectivity index (χ3v) is 2.88. The highest BCUT2D eigenvalue weighted by Gasteiger charge is 2.47. The Morgan fingerprint density at radius 1 is 1.25 bits per heavy atom. The summed E-state index contributed by atoms with van der Waals surface area (Å²) in [5.41, 5.74) is -0.318. The van der Waals surface area contributed by atoms with Gasteiger partial charge in [-0.1, -0.05) is 0 Å². The van der Waals surface area contributed by atoms with Crippen LogP contribution in [0.4, 0.5) is 13.2 Å². The summed E-state index contributed by atoms with van der Waals surface area (Å²) in [5.74, 6) is -1.34. The molecule has 1 rings (SSSR count). The number of rotatable bonds is 2. The number of methoxy groups -OCH3 is 1. The van der Waals surface area contributed by atoms with Crippen LogP contribution < -0.4 is 0 Å². The topological polar surface area (TPSA) is 38.8 Å². The molecule has 0 saturated carbocycles. The van der Waals surface area contributed by atoms with Gasteiger partial charge in [-0.15, -0.1) is 0 Å². The maximum Gasteiger partial charge on any atom is 0.395 e. The molecule has 2 atom stereocenters. The van der Waals surface area contributed by atoms with Gasteiger partial charge in [-0.2, -0.15) is 13.2 Å². The van der Waals surface area contributed by atoms with Crippen molar-refractivity contribution in [1.82, 2.24) is 4.90 Å². The van der Waals surface area contributed by atoms with Crippen LogP contribution in [0.15, 0.2) is 0 Å². The molecule has 0 N–H and O–H groups in total. The van der Waals surface area contributed by atoms with E-state index in [-0.39, 0.29) is 12.1 Å². The van der Waals surface area contributed by atoms with E-state index in [0.29, 0.717) is 19.4 Å². The van der Waals surface area contributed by atoms with Gasteiger partial charge in [0.2, 0.25) is 0 Å². The van der Waals surface area contributed by atoms with Crippen LogP contribution in [0.1, 0.15) is 27.2 Å². The van der Waals surface area contributed by atoms with Gasteiger partial charge in [0.1, 0.15) is 5.60 Å². The minimum atomic E-state index is -4.14. The number of alkyl halides is 3. The molecule has 1 aliphatic heterocycles. The van der Waals surface area contributed by atoms with Crippen LogP contribution in [0, 0.1) is 5.92 Å². The Morgan fingerprint density at radius 2 is 1.80 bits per heavy atom. The zero-order chi connectivity index (χ0) is 16.0. The molecule has 0 aromatic heterocycles. The van der Waals surface area contributed by atoms with Gasteiger partial charge in [0.15, 0.2) is 0 Å². The summed E-state index contributed by atoms with van der Waals surface area (Å²) in [6, 6.07) is 0. The SMILES string of the molecule is CC(C)(C)OC=O.COC1CCN(C)CC1C(F)(F)F.